The van der Waals surface area contributed by atoms with E-state index >= 15 is 0 Å². The predicted molar refractivity (Wildman–Crippen MR) is 524 cm³/mol. The fourth-order valence-corrected chi connectivity index (χ4v) is 10.8. The molecular weight excluding hydrogens is 1790 g/mol. The zero-order chi connectivity index (χ0) is 96.3. The molecule has 0 amide bonds. The Morgan fingerprint density at radius 1 is 0.292 bits per heavy atom. The van der Waals surface area contributed by atoms with Crippen molar-refractivity contribution in [3.63, 3.8) is 0 Å². The van der Waals surface area contributed by atoms with E-state index in [1.165, 1.54) is 62.8 Å². The number of aliphatic hydroxyl groups excluding tert-OH is 4. The summed E-state index contributed by atoms with van der Waals surface area (Å²) < 4.78 is 83.6. The molecule has 0 unspecified atom stereocenters. The number of terminal acetylenes is 2. The molecule has 130 heavy (non-hydrogen) atoms. The standard InChI is InChI=1S/C26H28O6.C26H26O6.2C23H24O6.C3H5Br.C3H3Br/c2*1-6-7-20(21(27)12-8-18-10-14-23(29-2)25(16-18)31-4)22(28)13-9-19-11-15-24(30-3)26(17-19)32-5;2*1-26-20-11-7-16(13-22(20)28-3)5-9-18(24)15-19(25)10-6-17-8-12-21(27-2)23(14-17)29-4;2*1-2-3-4/h6,8-17,27H,1,7H2,2-5H3;1,8-17,27H,7H2,2-5H3;2*5-15,24H,1-4H3;2H,1,3H2;1H,3H2/b2*12-8+,13-9+,21-20?;2*9-5+,10-6+,18-15?;;. The number of hydrogen-bond donors (Lipinski definition) is 4. The Balaban J connectivity index is 0.000000434. The second-order valence-electron chi connectivity index (χ2n) is 25.6. The third kappa shape index (κ3) is 38.0. The quantitative estimate of drug-likeness (QED) is 0.00693. The fourth-order valence-electron chi connectivity index (χ4n) is 10.8. The van der Waals surface area contributed by atoms with E-state index in [2.05, 4.69) is 56.9 Å². The number of carbonyl (C=O) groups excluding carboxylic acids is 4. The van der Waals surface area contributed by atoms with E-state index < -0.39 is 5.78 Å². The first-order chi connectivity index (χ1) is 62.8. The molecule has 684 valence electrons. The number of carbonyl (C=O) groups is 4. The van der Waals surface area contributed by atoms with Gasteiger partial charge >= 0.3 is 0 Å². The lowest BCUT2D eigenvalue weighted by atomic mass is 10.0. The Morgan fingerprint density at radius 2 is 0.485 bits per heavy atom. The molecule has 0 fully saturated rings. The molecular formula is C104H110Br2O24. The molecule has 0 aliphatic rings. The largest absolute Gasteiger partial charge is 0.508 e. The zero-order valence-corrected chi connectivity index (χ0v) is 78.7. The average molecular weight is 1900 g/mol. The second-order valence-corrected chi connectivity index (χ2v) is 26.8. The van der Waals surface area contributed by atoms with Crippen molar-refractivity contribution in [1.82, 2.24) is 0 Å². The van der Waals surface area contributed by atoms with Crippen molar-refractivity contribution >= 4 is 104 Å². The van der Waals surface area contributed by atoms with Crippen LogP contribution in [0.1, 0.15) is 57.3 Å². The minimum atomic E-state index is -0.396. The summed E-state index contributed by atoms with van der Waals surface area (Å²) in [5, 5.41) is 42.6. The van der Waals surface area contributed by atoms with E-state index in [9.17, 15) is 39.6 Å². The Hall–Kier alpha value is -15.1. The molecule has 8 aromatic carbocycles. The number of aliphatic hydroxyl groups is 4. The lowest BCUT2D eigenvalue weighted by Gasteiger charge is -2.08. The van der Waals surface area contributed by atoms with Crippen LogP contribution in [0, 0.1) is 24.7 Å². The van der Waals surface area contributed by atoms with Gasteiger partial charge in [-0.2, -0.15) is 0 Å². The molecule has 0 bridgehead atoms. The topological polar surface area (TPSA) is 297 Å². The first kappa shape index (κ1) is 109. The summed E-state index contributed by atoms with van der Waals surface area (Å²) in [5.74, 6) is 12.0. The molecule has 0 aromatic heterocycles. The van der Waals surface area contributed by atoms with Gasteiger partial charge in [0.25, 0.3) is 0 Å². The van der Waals surface area contributed by atoms with Gasteiger partial charge in [-0.05, 0) is 197 Å². The van der Waals surface area contributed by atoms with Gasteiger partial charge in [-0.15, -0.1) is 31.9 Å². The molecule has 0 saturated carbocycles. The normalized spacial score (nSPS) is 11.4. The Morgan fingerprint density at radius 3 is 0.677 bits per heavy atom. The number of rotatable bonds is 40. The van der Waals surface area contributed by atoms with Gasteiger partial charge in [0.1, 0.15) is 23.0 Å². The highest BCUT2D eigenvalue weighted by atomic mass is 79.9. The zero-order valence-electron chi connectivity index (χ0n) is 75.5. The first-order valence-corrected chi connectivity index (χ1v) is 41.3. The molecule has 0 atom stereocenters. The van der Waals surface area contributed by atoms with E-state index in [0.717, 1.165) is 62.0 Å². The summed E-state index contributed by atoms with van der Waals surface area (Å²) in [6.07, 6.45) is 40.4. The number of halogens is 2. The third-order valence-electron chi connectivity index (χ3n) is 17.4. The summed E-state index contributed by atoms with van der Waals surface area (Å²) >= 11 is 6.14. The van der Waals surface area contributed by atoms with E-state index in [-0.39, 0.29) is 64.4 Å². The molecule has 4 N–H and O–H groups in total. The van der Waals surface area contributed by atoms with Crippen LogP contribution in [-0.2, 0) is 19.2 Å². The fraction of sp³-hybridized carbons (Fsp3) is 0.192. The highest BCUT2D eigenvalue weighted by Gasteiger charge is 2.16. The molecule has 0 aliphatic carbocycles. The summed E-state index contributed by atoms with van der Waals surface area (Å²) in [6.45, 7) is 7.11. The van der Waals surface area contributed by atoms with Crippen LogP contribution in [0.3, 0.4) is 0 Å². The van der Waals surface area contributed by atoms with Gasteiger partial charge in [0.2, 0.25) is 0 Å². The highest BCUT2D eigenvalue weighted by Crippen LogP contribution is 2.36. The predicted octanol–water partition coefficient (Wildman–Crippen LogP) is 21.8. The molecule has 24 nitrogen and oxygen atoms in total. The first-order valence-electron chi connectivity index (χ1n) is 39.0. The van der Waals surface area contributed by atoms with Crippen LogP contribution in [0.4, 0.5) is 0 Å². The van der Waals surface area contributed by atoms with Crippen LogP contribution < -0.4 is 75.8 Å². The van der Waals surface area contributed by atoms with Crippen LogP contribution in [0.15, 0.2) is 266 Å². The lowest BCUT2D eigenvalue weighted by molar-refractivity contribution is -0.112. The molecule has 8 aromatic rings. The maximum atomic E-state index is 12.7. The van der Waals surface area contributed by atoms with Gasteiger partial charge in [0.15, 0.2) is 115 Å². The van der Waals surface area contributed by atoms with Gasteiger partial charge in [-0.25, -0.2) is 0 Å². The average Bonchev–Trinajstić information content (AvgIpc) is 0.872. The van der Waals surface area contributed by atoms with Crippen molar-refractivity contribution in [2.75, 3.05) is 124 Å². The van der Waals surface area contributed by atoms with E-state index in [4.69, 9.17) is 88.6 Å². The second kappa shape index (κ2) is 62.1. The van der Waals surface area contributed by atoms with Crippen molar-refractivity contribution in [3.8, 4) is 117 Å². The van der Waals surface area contributed by atoms with Crippen LogP contribution in [0.5, 0.6) is 92.0 Å². The van der Waals surface area contributed by atoms with Crippen LogP contribution in [-0.4, -0.2) is 168 Å². The maximum absolute atomic E-state index is 12.7. The number of alkyl halides is 2. The minimum absolute atomic E-state index is 0.0167. The number of ketones is 4. The number of allylic oxidation sites excluding steroid dienone is 14. The highest BCUT2D eigenvalue weighted by molar-refractivity contribution is 9.09. The lowest BCUT2D eigenvalue weighted by Crippen LogP contribution is -2.02. The summed E-state index contributed by atoms with van der Waals surface area (Å²) in [7, 11) is 24.8. The SMILES string of the molecule is C#CCBr.C#CCC(C(=O)/C=C/c1ccc(OC)c(OC)c1)=C(O)/C=C/c1ccc(OC)c(OC)c1.C=CCBr.C=CCC(C(=O)/C=C/c1ccc(OC)c(OC)c1)=C(O)/C=C/c1ccc(OC)c(OC)c1.COc1ccc(/C=C/C(=O)C=C(O)/C=C/c2ccc(OC)c(OC)c2)cc1OC.COc1ccc(/C=C/C(=O)C=C(O)/C=C/c2ccc(OC)c(OC)c2)cc1OC. The number of ether oxygens (including phenoxy) is 16. The van der Waals surface area contributed by atoms with Gasteiger partial charge in [0.05, 0.1) is 125 Å². The molecule has 0 aliphatic heterocycles. The van der Waals surface area contributed by atoms with Crippen molar-refractivity contribution < 1.29 is 115 Å². The van der Waals surface area contributed by atoms with Crippen LogP contribution in [0.2, 0.25) is 0 Å². The maximum Gasteiger partial charge on any atom is 0.186 e. The van der Waals surface area contributed by atoms with Crippen molar-refractivity contribution in [1.29, 1.82) is 0 Å². The molecule has 8 rings (SSSR count). The molecule has 0 radical (unpaired) electrons. The number of hydrogen-bond acceptors (Lipinski definition) is 24. The summed E-state index contributed by atoms with van der Waals surface area (Å²) in [6, 6.07) is 42.5. The monoisotopic (exact) mass is 1900 g/mol. The van der Waals surface area contributed by atoms with Gasteiger partial charge in [0, 0.05) is 29.5 Å². The van der Waals surface area contributed by atoms with E-state index in [1.54, 1.807) is 288 Å². The van der Waals surface area contributed by atoms with Crippen molar-refractivity contribution in [3.05, 3.63) is 310 Å². The Kier molecular flexibility index (Phi) is 52.1. The number of methoxy groups -OCH3 is 16. The minimum Gasteiger partial charge on any atom is -0.508 e. The van der Waals surface area contributed by atoms with Gasteiger partial charge in [-0.3, -0.25) is 19.2 Å². The molecule has 0 heterocycles. The van der Waals surface area contributed by atoms with Gasteiger partial charge < -0.3 is 96.2 Å². The van der Waals surface area contributed by atoms with Gasteiger partial charge in [-0.1, -0.05) is 147 Å². The van der Waals surface area contributed by atoms with E-state index in [0.29, 0.717) is 97.3 Å². The molecule has 0 spiro atoms. The summed E-state index contributed by atoms with van der Waals surface area (Å²) in [5.41, 5.74) is 6.48. The van der Waals surface area contributed by atoms with Crippen LogP contribution >= 0.6 is 31.9 Å². The van der Waals surface area contributed by atoms with E-state index in [1.807, 2.05) is 18.2 Å². The Labute approximate surface area is 778 Å². The van der Waals surface area contributed by atoms with Crippen molar-refractivity contribution in [2.45, 2.75) is 12.8 Å². The smallest absolute Gasteiger partial charge is 0.186 e. The molecule has 26 heteroatoms. The Bertz CT molecular complexity index is 5390. The van der Waals surface area contributed by atoms with Crippen molar-refractivity contribution in [2.24, 2.45) is 0 Å². The number of benzene rings is 8. The molecule has 0 saturated heterocycles. The third-order valence-corrected chi connectivity index (χ3v) is 18.1. The van der Waals surface area contributed by atoms with Crippen LogP contribution in [0.25, 0.3) is 48.6 Å². The summed E-state index contributed by atoms with van der Waals surface area (Å²) in [4.78, 5) is 49.5.